The van der Waals surface area contributed by atoms with Crippen molar-refractivity contribution >= 4 is 5.91 Å². The van der Waals surface area contributed by atoms with E-state index in [9.17, 15) is 4.79 Å². The van der Waals surface area contributed by atoms with Gasteiger partial charge in [-0.15, -0.1) is 0 Å². The van der Waals surface area contributed by atoms with E-state index in [1.807, 2.05) is 28.9 Å². The van der Waals surface area contributed by atoms with Crippen molar-refractivity contribution in [2.45, 2.75) is 32.2 Å². The van der Waals surface area contributed by atoms with Crippen molar-refractivity contribution in [3.8, 4) is 0 Å². The van der Waals surface area contributed by atoms with E-state index >= 15 is 0 Å². The number of hydrogen-bond acceptors (Lipinski definition) is 4. The average Bonchev–Trinajstić information content (AvgIpc) is 3.30. The second-order valence-corrected chi connectivity index (χ2v) is 6.67. The Kier molecular flexibility index (Phi) is 3.88. The van der Waals surface area contributed by atoms with Crippen molar-refractivity contribution in [2.24, 2.45) is 7.05 Å². The molecule has 2 aromatic heterocycles. The molecule has 2 aliphatic rings. The van der Waals surface area contributed by atoms with Gasteiger partial charge in [-0.25, -0.2) is 4.98 Å². The van der Waals surface area contributed by atoms with Crippen LogP contribution < -0.4 is 0 Å². The van der Waals surface area contributed by atoms with Gasteiger partial charge < -0.3 is 9.47 Å². The fraction of sp³-hybridized carbons (Fsp3) is 0.588. The van der Waals surface area contributed by atoms with Gasteiger partial charge in [-0.05, 0) is 25.8 Å². The predicted molar refractivity (Wildman–Crippen MR) is 89.7 cm³/mol. The number of nitrogens with one attached hydrogen (secondary N) is 1. The van der Waals surface area contributed by atoms with Crippen LogP contribution in [0.15, 0.2) is 12.4 Å². The van der Waals surface area contributed by atoms with Crippen LogP contribution >= 0.6 is 0 Å². The monoisotopic (exact) mass is 328 g/mol. The molecule has 24 heavy (non-hydrogen) atoms. The maximum Gasteiger partial charge on any atom is 0.274 e. The summed E-state index contributed by atoms with van der Waals surface area (Å²) in [6.45, 7) is 5.39. The third-order valence-electron chi connectivity index (χ3n) is 5.35. The molecular formula is C17H24N6O. The van der Waals surface area contributed by atoms with E-state index in [4.69, 9.17) is 0 Å². The minimum atomic E-state index is 0.0596. The number of imidazole rings is 1. The second kappa shape index (κ2) is 6.05. The van der Waals surface area contributed by atoms with Crippen molar-refractivity contribution in [3.63, 3.8) is 0 Å². The number of aromatic amines is 1. The van der Waals surface area contributed by atoms with Crippen molar-refractivity contribution < 1.29 is 4.79 Å². The smallest absolute Gasteiger partial charge is 0.274 e. The van der Waals surface area contributed by atoms with Gasteiger partial charge in [-0.2, -0.15) is 5.10 Å². The fourth-order valence-corrected chi connectivity index (χ4v) is 3.97. The zero-order valence-corrected chi connectivity index (χ0v) is 14.3. The predicted octanol–water partition coefficient (Wildman–Crippen LogP) is 1.15. The highest BCUT2D eigenvalue weighted by Gasteiger charge is 2.34. The number of fused-ring (bicyclic) bond motifs is 1. The Hall–Kier alpha value is -2.15. The van der Waals surface area contributed by atoms with Gasteiger partial charge in [0.25, 0.3) is 5.91 Å². The zero-order valence-electron chi connectivity index (χ0n) is 14.3. The molecule has 0 spiro atoms. The number of hydrogen-bond donors (Lipinski definition) is 1. The number of carbonyl (C=O) groups is 1. The summed E-state index contributed by atoms with van der Waals surface area (Å²) in [6, 6.07) is 0.139. The molecule has 0 aromatic carbocycles. The Bertz CT molecular complexity index is 748. The number of carbonyl (C=O) groups excluding carboxylic acids is 1. The van der Waals surface area contributed by atoms with Crippen molar-refractivity contribution in [1.82, 2.24) is 29.5 Å². The highest BCUT2D eigenvalue weighted by Crippen LogP contribution is 2.27. The first kappa shape index (κ1) is 15.4. The minimum Gasteiger partial charge on any atom is -0.337 e. The quantitative estimate of drug-likeness (QED) is 0.918. The normalized spacial score (nSPS) is 21.2. The molecule has 1 atom stereocenters. The molecule has 0 saturated carbocycles. The summed E-state index contributed by atoms with van der Waals surface area (Å²) in [5.74, 6) is 1.07. The van der Waals surface area contributed by atoms with Crippen LogP contribution in [0.2, 0.25) is 0 Å². The first-order valence-electron chi connectivity index (χ1n) is 8.75. The molecule has 1 aliphatic heterocycles. The van der Waals surface area contributed by atoms with Crippen molar-refractivity contribution in [3.05, 3.63) is 35.2 Å². The first-order chi connectivity index (χ1) is 11.7. The first-order valence-corrected chi connectivity index (χ1v) is 8.75. The summed E-state index contributed by atoms with van der Waals surface area (Å²) in [5.41, 5.74) is 2.91. The van der Waals surface area contributed by atoms with E-state index in [0.29, 0.717) is 12.2 Å². The molecule has 3 heterocycles. The molecule has 1 aliphatic carbocycles. The highest BCUT2D eigenvalue weighted by molar-refractivity contribution is 5.94. The van der Waals surface area contributed by atoms with Crippen molar-refractivity contribution in [1.29, 1.82) is 0 Å². The van der Waals surface area contributed by atoms with Gasteiger partial charge in [0.2, 0.25) is 0 Å². The Labute approximate surface area is 141 Å². The molecule has 0 radical (unpaired) electrons. The standard InChI is InChI=1S/C17H24N6O/c1-3-22-9-10-23(11-14(22)16-18-7-8-21(16)2)17(24)15-12-5-4-6-13(12)19-20-15/h7-8,14H,3-6,9-11H2,1-2H3,(H,19,20). The van der Waals surface area contributed by atoms with Gasteiger partial charge in [-0.3, -0.25) is 14.8 Å². The molecule has 4 rings (SSSR count). The fourth-order valence-electron chi connectivity index (χ4n) is 3.97. The van der Waals surface area contributed by atoms with Gasteiger partial charge in [0.15, 0.2) is 5.69 Å². The van der Waals surface area contributed by atoms with Crippen LogP contribution in [0.5, 0.6) is 0 Å². The van der Waals surface area contributed by atoms with Crippen LogP contribution in [0.3, 0.4) is 0 Å². The zero-order chi connectivity index (χ0) is 16.7. The maximum atomic E-state index is 13.0. The molecular weight excluding hydrogens is 304 g/mol. The highest BCUT2D eigenvalue weighted by atomic mass is 16.2. The number of likely N-dealkylation sites (N-methyl/N-ethyl adjacent to an activating group) is 1. The van der Waals surface area contributed by atoms with Crippen LogP contribution in [-0.4, -0.2) is 61.6 Å². The van der Waals surface area contributed by atoms with Crippen LogP contribution in [0.4, 0.5) is 0 Å². The Morgan fingerprint density at radius 1 is 1.38 bits per heavy atom. The third kappa shape index (κ3) is 2.43. The average molecular weight is 328 g/mol. The lowest BCUT2D eigenvalue weighted by Gasteiger charge is -2.40. The van der Waals surface area contributed by atoms with E-state index in [1.165, 1.54) is 0 Å². The van der Waals surface area contributed by atoms with Crippen molar-refractivity contribution in [2.75, 3.05) is 26.2 Å². The van der Waals surface area contributed by atoms with Gasteiger partial charge in [0.05, 0.1) is 6.04 Å². The van der Waals surface area contributed by atoms with E-state index in [2.05, 4.69) is 27.0 Å². The summed E-state index contributed by atoms with van der Waals surface area (Å²) in [6.07, 6.45) is 6.87. The van der Waals surface area contributed by atoms with Gasteiger partial charge in [0, 0.05) is 50.3 Å². The molecule has 7 heteroatoms. The summed E-state index contributed by atoms with van der Waals surface area (Å²) in [5, 5.41) is 7.36. The van der Waals surface area contributed by atoms with Crippen LogP contribution in [0.1, 0.15) is 47.0 Å². The number of H-pyrrole nitrogens is 1. The minimum absolute atomic E-state index is 0.0596. The van der Waals surface area contributed by atoms with Crippen LogP contribution in [0, 0.1) is 0 Å². The Morgan fingerprint density at radius 2 is 2.25 bits per heavy atom. The molecule has 1 amide bonds. The van der Waals surface area contributed by atoms with Gasteiger partial charge >= 0.3 is 0 Å². The van der Waals surface area contributed by atoms with E-state index < -0.39 is 0 Å². The molecule has 128 valence electrons. The summed E-state index contributed by atoms with van der Waals surface area (Å²) in [4.78, 5) is 21.9. The van der Waals surface area contributed by atoms with E-state index in [1.54, 1.807) is 0 Å². The number of aromatic nitrogens is 4. The van der Waals surface area contributed by atoms with Crippen LogP contribution in [0.25, 0.3) is 0 Å². The third-order valence-corrected chi connectivity index (χ3v) is 5.35. The summed E-state index contributed by atoms with van der Waals surface area (Å²) < 4.78 is 2.05. The van der Waals surface area contributed by atoms with Gasteiger partial charge in [0.1, 0.15) is 5.82 Å². The number of nitrogens with zero attached hydrogens (tertiary/aromatic N) is 5. The maximum absolute atomic E-state index is 13.0. The lowest BCUT2D eigenvalue weighted by atomic mass is 10.1. The summed E-state index contributed by atoms with van der Waals surface area (Å²) in [7, 11) is 2.01. The topological polar surface area (TPSA) is 70.1 Å². The number of aryl methyl sites for hydroxylation is 2. The summed E-state index contributed by atoms with van der Waals surface area (Å²) >= 11 is 0. The van der Waals surface area contributed by atoms with Crippen LogP contribution in [-0.2, 0) is 19.9 Å². The largest absolute Gasteiger partial charge is 0.337 e. The number of piperazine rings is 1. The SMILES string of the molecule is CCN1CCN(C(=O)c2n[nH]c3c2CCC3)CC1c1nccn1C. The van der Waals surface area contributed by atoms with E-state index in [-0.39, 0.29) is 11.9 Å². The lowest BCUT2D eigenvalue weighted by Crippen LogP contribution is -2.51. The molecule has 1 N–H and O–H groups in total. The number of rotatable bonds is 3. The molecule has 7 nitrogen and oxygen atoms in total. The molecule has 1 unspecified atom stereocenters. The van der Waals surface area contributed by atoms with E-state index in [0.717, 1.165) is 56.0 Å². The molecule has 0 bridgehead atoms. The lowest BCUT2D eigenvalue weighted by molar-refractivity contribution is 0.0467. The second-order valence-electron chi connectivity index (χ2n) is 6.67. The molecule has 2 aromatic rings. The molecule has 1 saturated heterocycles. The Morgan fingerprint density at radius 3 is 3.00 bits per heavy atom. The molecule has 1 fully saturated rings. The Balaban J connectivity index is 1.58. The number of amides is 1. The van der Waals surface area contributed by atoms with Gasteiger partial charge in [-0.1, -0.05) is 6.92 Å².